The molecule has 3 nitrogen and oxygen atoms in total. The lowest BCUT2D eigenvalue weighted by Gasteiger charge is -2.36. The third-order valence-corrected chi connectivity index (χ3v) is 9.03. The quantitative estimate of drug-likeness (QED) is 0.413. The maximum atomic E-state index is 12.1. The number of hydrogen-bond donors (Lipinski definition) is 0. The van der Waals surface area contributed by atoms with Crippen molar-refractivity contribution < 1.29 is 14.0 Å². The summed E-state index contributed by atoms with van der Waals surface area (Å²) in [6.07, 6.45) is 0. The van der Waals surface area contributed by atoms with Crippen molar-refractivity contribution in [3.8, 4) is 5.75 Å². The Morgan fingerprint density at radius 3 is 2.08 bits per heavy atom. The van der Waals surface area contributed by atoms with Crippen molar-refractivity contribution in [1.82, 2.24) is 0 Å². The standard InChI is InChI=1S/C20H26O3Si/c1-20(2,3)24(4,5)22-15-16-11-13-17(14-12-16)19(21)23-18-9-7-6-8-10-18/h6-14H,15H2,1-5H3. The van der Waals surface area contributed by atoms with Crippen LogP contribution in [0.5, 0.6) is 5.75 Å². The van der Waals surface area contributed by atoms with Gasteiger partial charge in [-0.05, 0) is 48.0 Å². The van der Waals surface area contributed by atoms with Crippen molar-refractivity contribution >= 4 is 14.3 Å². The highest BCUT2D eigenvalue weighted by Gasteiger charge is 2.36. The molecule has 4 heteroatoms. The Bertz CT molecular complexity index is 670. The Morgan fingerprint density at radius 1 is 0.958 bits per heavy atom. The molecule has 0 aliphatic rings. The maximum absolute atomic E-state index is 12.1. The van der Waals surface area contributed by atoms with Crippen LogP contribution < -0.4 is 4.74 Å². The number of esters is 1. The van der Waals surface area contributed by atoms with Crippen LogP contribution in [0.2, 0.25) is 18.1 Å². The second-order valence-electron chi connectivity index (χ2n) is 7.45. The average molecular weight is 343 g/mol. The second kappa shape index (κ2) is 7.32. The Hall–Kier alpha value is -1.91. The lowest BCUT2D eigenvalue weighted by Crippen LogP contribution is -2.40. The molecular formula is C20H26O3Si. The fourth-order valence-corrected chi connectivity index (χ4v) is 2.83. The van der Waals surface area contributed by atoms with Gasteiger partial charge in [0.05, 0.1) is 12.2 Å². The highest BCUT2D eigenvalue weighted by atomic mass is 28.4. The topological polar surface area (TPSA) is 35.5 Å². The minimum atomic E-state index is -1.77. The molecule has 2 rings (SSSR count). The fourth-order valence-electron chi connectivity index (χ4n) is 1.87. The summed E-state index contributed by atoms with van der Waals surface area (Å²) >= 11 is 0. The SMILES string of the molecule is CC(C)(C)[Si](C)(C)OCc1ccc(C(=O)Oc2ccccc2)cc1. The normalized spacial score (nSPS) is 12.0. The number of benzene rings is 2. The van der Waals surface area contributed by atoms with E-state index in [0.717, 1.165) is 5.56 Å². The van der Waals surface area contributed by atoms with E-state index in [2.05, 4.69) is 33.9 Å². The van der Waals surface area contributed by atoms with Crippen molar-refractivity contribution in [2.24, 2.45) is 0 Å². The van der Waals surface area contributed by atoms with Crippen molar-refractivity contribution in [3.05, 3.63) is 65.7 Å². The van der Waals surface area contributed by atoms with Crippen LogP contribution in [0.15, 0.2) is 54.6 Å². The summed E-state index contributed by atoms with van der Waals surface area (Å²) in [6.45, 7) is 11.7. The van der Waals surface area contributed by atoms with Gasteiger partial charge in [-0.25, -0.2) is 4.79 Å². The van der Waals surface area contributed by atoms with Crippen molar-refractivity contribution in [2.45, 2.75) is 45.5 Å². The van der Waals surface area contributed by atoms with E-state index in [1.165, 1.54) is 0 Å². The van der Waals surface area contributed by atoms with E-state index >= 15 is 0 Å². The summed E-state index contributed by atoms with van der Waals surface area (Å²) in [4.78, 5) is 12.1. The van der Waals surface area contributed by atoms with Crippen LogP contribution in [-0.4, -0.2) is 14.3 Å². The van der Waals surface area contributed by atoms with Gasteiger partial charge in [0.25, 0.3) is 0 Å². The van der Waals surface area contributed by atoms with E-state index in [9.17, 15) is 4.79 Å². The minimum Gasteiger partial charge on any atom is -0.423 e. The van der Waals surface area contributed by atoms with Crippen LogP contribution >= 0.6 is 0 Å². The smallest absolute Gasteiger partial charge is 0.343 e. The van der Waals surface area contributed by atoms with Crippen molar-refractivity contribution in [2.75, 3.05) is 0 Å². The first kappa shape index (κ1) is 18.4. The number of hydrogen-bond acceptors (Lipinski definition) is 3. The first-order chi connectivity index (χ1) is 11.2. The molecule has 0 atom stereocenters. The first-order valence-electron chi connectivity index (χ1n) is 8.19. The number of para-hydroxylation sites is 1. The predicted molar refractivity (Wildman–Crippen MR) is 99.8 cm³/mol. The summed E-state index contributed by atoms with van der Waals surface area (Å²) in [7, 11) is -1.77. The molecule has 0 radical (unpaired) electrons. The van der Waals surface area contributed by atoms with Gasteiger partial charge in [0.2, 0.25) is 0 Å². The summed E-state index contributed by atoms with van der Waals surface area (Å²) in [5.74, 6) is 0.200. The number of carbonyl (C=O) groups excluding carboxylic acids is 1. The first-order valence-corrected chi connectivity index (χ1v) is 11.1. The second-order valence-corrected chi connectivity index (χ2v) is 12.3. The van der Waals surface area contributed by atoms with Crippen LogP contribution in [0, 0.1) is 0 Å². The Kier molecular flexibility index (Phi) is 5.62. The van der Waals surface area contributed by atoms with Gasteiger partial charge in [-0.1, -0.05) is 51.1 Å². The summed E-state index contributed by atoms with van der Waals surface area (Å²) in [5, 5.41) is 0.187. The monoisotopic (exact) mass is 342 g/mol. The molecule has 0 saturated carbocycles. The van der Waals surface area contributed by atoms with Gasteiger partial charge in [0.15, 0.2) is 8.32 Å². The summed E-state index contributed by atoms with van der Waals surface area (Å²) in [5.41, 5.74) is 1.60. The van der Waals surface area contributed by atoms with E-state index < -0.39 is 8.32 Å². The van der Waals surface area contributed by atoms with E-state index in [-0.39, 0.29) is 11.0 Å². The van der Waals surface area contributed by atoms with Crippen LogP contribution in [0.3, 0.4) is 0 Å². The molecule has 0 spiro atoms. The molecule has 0 bridgehead atoms. The molecule has 0 fully saturated rings. The molecule has 2 aromatic rings. The molecular weight excluding hydrogens is 316 g/mol. The van der Waals surface area contributed by atoms with E-state index in [1.807, 2.05) is 30.3 Å². The van der Waals surface area contributed by atoms with Gasteiger partial charge >= 0.3 is 5.97 Å². The molecule has 2 aromatic carbocycles. The average Bonchev–Trinajstić information content (AvgIpc) is 2.53. The molecule has 24 heavy (non-hydrogen) atoms. The lowest BCUT2D eigenvalue weighted by molar-refractivity contribution is 0.0734. The zero-order valence-electron chi connectivity index (χ0n) is 15.1. The summed E-state index contributed by atoms with van der Waals surface area (Å²) in [6, 6.07) is 16.5. The Labute approximate surface area is 145 Å². The van der Waals surface area contributed by atoms with E-state index in [0.29, 0.717) is 17.9 Å². The number of ether oxygens (including phenoxy) is 1. The largest absolute Gasteiger partial charge is 0.423 e. The van der Waals surface area contributed by atoms with Gasteiger partial charge in [-0.2, -0.15) is 0 Å². The van der Waals surface area contributed by atoms with Crippen molar-refractivity contribution in [3.63, 3.8) is 0 Å². The molecule has 128 valence electrons. The summed E-state index contributed by atoms with van der Waals surface area (Å²) < 4.78 is 11.5. The third-order valence-electron chi connectivity index (χ3n) is 4.55. The molecule has 0 aliphatic carbocycles. The van der Waals surface area contributed by atoms with Gasteiger partial charge in [-0.3, -0.25) is 0 Å². The zero-order valence-corrected chi connectivity index (χ0v) is 16.1. The van der Waals surface area contributed by atoms with Gasteiger partial charge in [0.1, 0.15) is 5.75 Å². The van der Waals surface area contributed by atoms with Gasteiger partial charge in [-0.15, -0.1) is 0 Å². The van der Waals surface area contributed by atoms with Gasteiger partial charge < -0.3 is 9.16 Å². The number of rotatable bonds is 5. The third kappa shape index (κ3) is 4.79. The Balaban J connectivity index is 1.97. The highest BCUT2D eigenvalue weighted by molar-refractivity contribution is 6.74. The molecule has 0 N–H and O–H groups in total. The van der Waals surface area contributed by atoms with E-state index in [4.69, 9.17) is 9.16 Å². The lowest BCUT2D eigenvalue weighted by atomic mass is 10.1. The predicted octanol–water partition coefficient (Wildman–Crippen LogP) is 5.43. The van der Waals surface area contributed by atoms with Crippen LogP contribution in [0.25, 0.3) is 0 Å². The van der Waals surface area contributed by atoms with Crippen LogP contribution in [-0.2, 0) is 11.0 Å². The minimum absolute atomic E-state index is 0.187. The van der Waals surface area contributed by atoms with Crippen LogP contribution in [0.4, 0.5) is 0 Å². The maximum Gasteiger partial charge on any atom is 0.343 e. The molecule has 0 saturated heterocycles. The van der Waals surface area contributed by atoms with Gasteiger partial charge in [0, 0.05) is 0 Å². The zero-order chi connectivity index (χ0) is 17.8. The number of carbonyl (C=O) groups is 1. The fraction of sp³-hybridized carbons (Fsp3) is 0.350. The molecule has 0 heterocycles. The molecule has 0 aliphatic heterocycles. The molecule has 0 aromatic heterocycles. The van der Waals surface area contributed by atoms with E-state index in [1.54, 1.807) is 24.3 Å². The Morgan fingerprint density at radius 2 is 1.54 bits per heavy atom. The molecule has 0 amide bonds. The molecule has 0 unspecified atom stereocenters. The van der Waals surface area contributed by atoms with Crippen molar-refractivity contribution in [1.29, 1.82) is 0 Å². The van der Waals surface area contributed by atoms with Crippen LogP contribution in [0.1, 0.15) is 36.7 Å². The highest BCUT2D eigenvalue weighted by Crippen LogP contribution is 2.37.